The number of rotatable bonds is 3. The number of benzene rings is 1. The number of hydrogen-bond donors (Lipinski definition) is 0. The van der Waals surface area contributed by atoms with Gasteiger partial charge in [-0.3, -0.25) is 0 Å². The van der Waals surface area contributed by atoms with Crippen molar-refractivity contribution in [2.45, 2.75) is 13.3 Å². The molecule has 0 aliphatic carbocycles. The molecule has 5 heteroatoms. The molecule has 4 nitrogen and oxygen atoms in total. The van der Waals surface area contributed by atoms with Gasteiger partial charge in [0.2, 0.25) is 0 Å². The van der Waals surface area contributed by atoms with Crippen molar-refractivity contribution in [1.29, 1.82) is 0 Å². The highest BCUT2D eigenvalue weighted by atomic mass is 79.9. The molecule has 0 aliphatic heterocycles. The van der Waals surface area contributed by atoms with E-state index in [1.54, 1.807) is 6.20 Å². The fraction of sp³-hybridized carbons (Fsp3) is 0.200. The number of anilines is 2. The van der Waals surface area contributed by atoms with Gasteiger partial charge < -0.3 is 9.30 Å². The minimum absolute atomic E-state index is 0.787. The van der Waals surface area contributed by atoms with Crippen molar-refractivity contribution in [2.75, 3.05) is 11.9 Å². The Hall–Kier alpha value is -1.88. The number of imidazole rings is 1. The number of aromatic nitrogens is 3. The number of aryl methyl sites for hydroxylation is 1. The molecule has 102 valence electrons. The molecule has 1 aromatic carbocycles. The maximum atomic E-state index is 4.55. The van der Waals surface area contributed by atoms with E-state index >= 15 is 0 Å². The van der Waals surface area contributed by atoms with Crippen LogP contribution in [0.1, 0.15) is 12.5 Å². The van der Waals surface area contributed by atoms with E-state index in [1.165, 1.54) is 5.56 Å². The van der Waals surface area contributed by atoms with Crippen LogP contribution < -0.4 is 4.90 Å². The normalized spacial score (nSPS) is 10.9. The van der Waals surface area contributed by atoms with E-state index in [2.05, 4.69) is 57.1 Å². The van der Waals surface area contributed by atoms with Gasteiger partial charge >= 0.3 is 0 Å². The molecule has 3 aromatic rings. The van der Waals surface area contributed by atoms with Crippen molar-refractivity contribution < 1.29 is 0 Å². The highest BCUT2D eigenvalue weighted by Crippen LogP contribution is 2.27. The summed E-state index contributed by atoms with van der Waals surface area (Å²) in [5, 5.41) is 0. The molecular weight excluding hydrogens is 316 g/mol. The Morgan fingerprint density at radius 2 is 2.00 bits per heavy atom. The lowest BCUT2D eigenvalue weighted by molar-refractivity contribution is 1.04. The largest absolute Gasteiger partial charge is 0.326 e. The Labute approximate surface area is 126 Å². The van der Waals surface area contributed by atoms with Crippen LogP contribution in [0.5, 0.6) is 0 Å². The lowest BCUT2D eigenvalue weighted by Crippen LogP contribution is -2.13. The number of nitrogens with zero attached hydrogens (tertiary/aromatic N) is 4. The molecule has 0 radical (unpaired) electrons. The van der Waals surface area contributed by atoms with Crippen LogP contribution in [0.25, 0.3) is 5.65 Å². The molecule has 3 rings (SSSR count). The summed E-state index contributed by atoms with van der Waals surface area (Å²) in [5.74, 6) is 0.827. The average Bonchev–Trinajstić information content (AvgIpc) is 2.94. The van der Waals surface area contributed by atoms with Crippen LogP contribution in [-0.4, -0.2) is 21.4 Å². The lowest BCUT2D eigenvalue weighted by Gasteiger charge is -2.19. The van der Waals surface area contributed by atoms with Gasteiger partial charge in [0, 0.05) is 31.3 Å². The summed E-state index contributed by atoms with van der Waals surface area (Å²) < 4.78 is 2.75. The Morgan fingerprint density at radius 1 is 1.25 bits per heavy atom. The lowest BCUT2D eigenvalue weighted by atomic mass is 10.1. The maximum absolute atomic E-state index is 4.55. The summed E-state index contributed by atoms with van der Waals surface area (Å²) in [6.45, 7) is 2.16. The minimum atomic E-state index is 0.787. The van der Waals surface area contributed by atoms with Crippen LogP contribution in [-0.2, 0) is 6.42 Å². The molecule has 0 atom stereocenters. The van der Waals surface area contributed by atoms with Crippen molar-refractivity contribution in [3.05, 3.63) is 53.0 Å². The van der Waals surface area contributed by atoms with Gasteiger partial charge in [0.15, 0.2) is 11.5 Å². The van der Waals surface area contributed by atoms with Crippen molar-refractivity contribution in [3.63, 3.8) is 0 Å². The summed E-state index contributed by atoms with van der Waals surface area (Å²) in [7, 11) is 2.00. The van der Waals surface area contributed by atoms with Gasteiger partial charge in [-0.05, 0) is 40.0 Å². The summed E-state index contributed by atoms with van der Waals surface area (Å²) >= 11 is 3.45. The summed E-state index contributed by atoms with van der Waals surface area (Å²) in [5.41, 5.74) is 3.27. The third-order valence-electron chi connectivity index (χ3n) is 3.38. The summed E-state index contributed by atoms with van der Waals surface area (Å²) in [4.78, 5) is 11.0. The van der Waals surface area contributed by atoms with Crippen molar-refractivity contribution in [1.82, 2.24) is 14.4 Å². The van der Waals surface area contributed by atoms with E-state index in [4.69, 9.17) is 0 Å². The van der Waals surface area contributed by atoms with E-state index in [0.717, 1.165) is 28.2 Å². The van der Waals surface area contributed by atoms with E-state index in [-0.39, 0.29) is 0 Å². The van der Waals surface area contributed by atoms with Crippen LogP contribution in [0.2, 0.25) is 0 Å². The van der Waals surface area contributed by atoms with E-state index in [0.29, 0.717) is 0 Å². The van der Waals surface area contributed by atoms with Gasteiger partial charge in [0.25, 0.3) is 0 Å². The van der Waals surface area contributed by atoms with Gasteiger partial charge in [-0.25, -0.2) is 9.97 Å². The van der Waals surface area contributed by atoms with Crippen LogP contribution in [0.15, 0.2) is 47.5 Å². The zero-order valence-electron chi connectivity index (χ0n) is 11.4. The number of halogens is 1. The smallest absolute Gasteiger partial charge is 0.180 e. The quantitative estimate of drug-likeness (QED) is 0.731. The van der Waals surface area contributed by atoms with Gasteiger partial charge in [-0.15, -0.1) is 0 Å². The van der Waals surface area contributed by atoms with E-state index in [1.807, 2.05) is 28.7 Å². The van der Waals surface area contributed by atoms with E-state index < -0.39 is 0 Å². The predicted octanol–water partition coefficient (Wildman–Crippen LogP) is 3.82. The van der Waals surface area contributed by atoms with Gasteiger partial charge in [0.05, 0.1) is 0 Å². The Bertz CT molecular complexity index is 733. The first-order valence-electron chi connectivity index (χ1n) is 6.51. The molecule has 0 saturated carbocycles. The topological polar surface area (TPSA) is 33.4 Å². The standard InChI is InChI=1S/C15H15BrN4/c1-3-11-4-6-12(7-5-11)19(2)15-14-17-8-9-20(14)10-13(16)18-15/h4-10H,3H2,1-2H3. The van der Waals surface area contributed by atoms with Crippen LogP contribution in [0, 0.1) is 0 Å². The monoisotopic (exact) mass is 330 g/mol. The van der Waals surface area contributed by atoms with Crippen LogP contribution in [0.4, 0.5) is 11.5 Å². The third kappa shape index (κ3) is 2.29. The molecule has 2 aromatic heterocycles. The molecule has 0 amide bonds. The number of hydrogen-bond acceptors (Lipinski definition) is 3. The summed E-state index contributed by atoms with van der Waals surface area (Å²) in [6.07, 6.45) is 6.64. The minimum Gasteiger partial charge on any atom is -0.326 e. The molecule has 0 bridgehead atoms. The molecular formula is C15H15BrN4. The predicted molar refractivity (Wildman–Crippen MR) is 84.6 cm³/mol. The Morgan fingerprint density at radius 3 is 2.70 bits per heavy atom. The summed E-state index contributed by atoms with van der Waals surface area (Å²) in [6, 6.07) is 8.51. The Balaban J connectivity index is 2.06. The zero-order valence-corrected chi connectivity index (χ0v) is 13.0. The van der Waals surface area contributed by atoms with Crippen LogP contribution in [0.3, 0.4) is 0 Å². The molecule has 0 fully saturated rings. The maximum Gasteiger partial charge on any atom is 0.180 e. The molecule has 20 heavy (non-hydrogen) atoms. The van der Waals surface area contributed by atoms with Crippen molar-refractivity contribution in [3.8, 4) is 0 Å². The first-order chi connectivity index (χ1) is 9.69. The van der Waals surface area contributed by atoms with Gasteiger partial charge in [-0.1, -0.05) is 19.1 Å². The van der Waals surface area contributed by atoms with E-state index in [9.17, 15) is 0 Å². The molecule has 0 N–H and O–H groups in total. The highest BCUT2D eigenvalue weighted by molar-refractivity contribution is 9.10. The molecule has 0 spiro atoms. The zero-order chi connectivity index (χ0) is 14.1. The molecule has 0 aliphatic rings. The highest BCUT2D eigenvalue weighted by Gasteiger charge is 2.12. The number of fused-ring (bicyclic) bond motifs is 1. The van der Waals surface area contributed by atoms with Crippen molar-refractivity contribution in [2.24, 2.45) is 0 Å². The second-order valence-electron chi connectivity index (χ2n) is 4.62. The molecule has 0 saturated heterocycles. The van der Waals surface area contributed by atoms with Crippen LogP contribution >= 0.6 is 15.9 Å². The fourth-order valence-electron chi connectivity index (χ4n) is 2.19. The second kappa shape index (κ2) is 5.25. The molecule has 2 heterocycles. The fourth-order valence-corrected chi connectivity index (χ4v) is 2.58. The van der Waals surface area contributed by atoms with Gasteiger partial charge in [-0.2, -0.15) is 0 Å². The molecule has 0 unspecified atom stereocenters. The third-order valence-corrected chi connectivity index (χ3v) is 3.76. The Kier molecular flexibility index (Phi) is 3.44. The first-order valence-corrected chi connectivity index (χ1v) is 7.30. The SMILES string of the molecule is CCc1ccc(N(C)c2nc(Br)cn3ccnc23)cc1. The average molecular weight is 331 g/mol. The van der Waals surface area contributed by atoms with Gasteiger partial charge in [0.1, 0.15) is 4.60 Å². The first kappa shape index (κ1) is 13.1. The second-order valence-corrected chi connectivity index (χ2v) is 5.44. The van der Waals surface area contributed by atoms with Crippen molar-refractivity contribution >= 4 is 33.1 Å².